The van der Waals surface area contributed by atoms with E-state index in [0.717, 1.165) is 18.3 Å². The molecule has 0 fully saturated rings. The van der Waals surface area contributed by atoms with Crippen molar-refractivity contribution in [1.29, 1.82) is 0 Å². The number of carbonyl (C=O) groups excluding carboxylic acids is 2. The lowest BCUT2D eigenvalue weighted by Gasteiger charge is -2.05. The summed E-state index contributed by atoms with van der Waals surface area (Å²) in [5.41, 5.74) is 2.40. The first-order valence-electron chi connectivity index (χ1n) is 6.18. The van der Waals surface area contributed by atoms with Crippen molar-refractivity contribution in [2.45, 2.75) is 0 Å². The van der Waals surface area contributed by atoms with Crippen LogP contribution in [0.5, 0.6) is 0 Å². The third-order valence-electron chi connectivity index (χ3n) is 3.20. The first-order chi connectivity index (χ1) is 10.1. The maximum Gasteiger partial charge on any atom is 0.259 e. The minimum Gasteiger partial charge on any atom is -0.288 e. The van der Waals surface area contributed by atoms with Gasteiger partial charge in [-0.2, -0.15) is 0 Å². The van der Waals surface area contributed by atoms with Gasteiger partial charge in [0, 0.05) is 7.14 Å². The van der Waals surface area contributed by atoms with Crippen molar-refractivity contribution in [2.24, 2.45) is 0 Å². The molecule has 0 atom stereocenters. The second-order valence-electron chi connectivity index (χ2n) is 4.55. The molecular formula is C16H9I2NO2. The monoisotopic (exact) mass is 501 g/mol. The summed E-state index contributed by atoms with van der Waals surface area (Å²) in [5.74, 6) is -0.676. The molecule has 2 aromatic rings. The summed E-state index contributed by atoms with van der Waals surface area (Å²) in [7, 11) is 0. The molecular weight excluding hydrogens is 492 g/mol. The number of imide groups is 1. The number of carbonyl (C=O) groups is 2. The predicted octanol–water partition coefficient (Wildman–Crippen LogP) is 3.46. The number of benzene rings is 2. The molecule has 0 aliphatic carbocycles. The van der Waals surface area contributed by atoms with Crippen LogP contribution in [-0.2, 0) is 9.59 Å². The summed E-state index contributed by atoms with van der Waals surface area (Å²) < 4.78 is 2.16. The summed E-state index contributed by atoms with van der Waals surface area (Å²) >= 11 is 4.41. The highest BCUT2D eigenvalue weighted by atomic mass is 127. The molecule has 0 aromatic heterocycles. The molecule has 0 saturated heterocycles. The summed E-state index contributed by atoms with van der Waals surface area (Å²) in [5, 5.41) is 2.39. The second kappa shape index (κ2) is 5.88. The van der Waals surface area contributed by atoms with Crippen molar-refractivity contribution in [1.82, 2.24) is 5.32 Å². The number of amides is 2. The van der Waals surface area contributed by atoms with Crippen LogP contribution < -0.4 is 5.32 Å². The van der Waals surface area contributed by atoms with E-state index < -0.39 is 0 Å². The van der Waals surface area contributed by atoms with Crippen molar-refractivity contribution in [3.8, 4) is 0 Å². The second-order valence-corrected chi connectivity index (χ2v) is 7.04. The van der Waals surface area contributed by atoms with Crippen LogP contribution in [-0.4, -0.2) is 11.8 Å². The summed E-state index contributed by atoms with van der Waals surface area (Å²) in [6.45, 7) is 0. The van der Waals surface area contributed by atoms with Gasteiger partial charge in [0.25, 0.3) is 11.8 Å². The Morgan fingerprint density at radius 3 is 1.29 bits per heavy atom. The Bertz CT molecular complexity index is 696. The van der Waals surface area contributed by atoms with Crippen molar-refractivity contribution >= 4 is 68.1 Å². The Morgan fingerprint density at radius 1 is 0.619 bits per heavy atom. The van der Waals surface area contributed by atoms with E-state index in [1.54, 1.807) is 0 Å². The van der Waals surface area contributed by atoms with E-state index in [1.165, 1.54) is 0 Å². The lowest BCUT2D eigenvalue weighted by Crippen LogP contribution is -2.22. The minimum absolute atomic E-state index is 0.338. The van der Waals surface area contributed by atoms with Crippen LogP contribution in [0.2, 0.25) is 0 Å². The van der Waals surface area contributed by atoms with Crippen LogP contribution >= 0.6 is 45.2 Å². The number of rotatable bonds is 2. The molecule has 2 amide bonds. The van der Waals surface area contributed by atoms with Crippen molar-refractivity contribution in [2.75, 3.05) is 0 Å². The smallest absolute Gasteiger partial charge is 0.259 e. The van der Waals surface area contributed by atoms with E-state index in [-0.39, 0.29) is 11.8 Å². The van der Waals surface area contributed by atoms with Gasteiger partial charge in [-0.3, -0.25) is 14.9 Å². The van der Waals surface area contributed by atoms with Gasteiger partial charge in [-0.15, -0.1) is 0 Å². The zero-order chi connectivity index (χ0) is 15.0. The summed E-state index contributed by atoms with van der Waals surface area (Å²) in [4.78, 5) is 24.3. The molecule has 2 aromatic carbocycles. The van der Waals surface area contributed by atoms with E-state index in [9.17, 15) is 9.59 Å². The standard InChI is InChI=1S/C16H9I2NO2/c17-11-5-1-9(2-6-11)13-14(16(21)19-15(13)20)10-3-7-12(18)8-4-10/h1-8H,(H,19,20,21). The Hall–Kier alpha value is -1.22. The Labute approximate surface area is 149 Å². The molecule has 1 heterocycles. The van der Waals surface area contributed by atoms with Crippen LogP contribution in [0.3, 0.4) is 0 Å². The zero-order valence-corrected chi connectivity index (χ0v) is 15.0. The molecule has 3 nitrogen and oxygen atoms in total. The third-order valence-corrected chi connectivity index (χ3v) is 4.64. The van der Waals surface area contributed by atoms with Crippen molar-refractivity contribution in [3.05, 3.63) is 66.8 Å². The molecule has 0 unspecified atom stereocenters. The quantitative estimate of drug-likeness (QED) is 0.507. The highest BCUT2D eigenvalue weighted by Gasteiger charge is 2.31. The van der Waals surface area contributed by atoms with Gasteiger partial charge in [-0.05, 0) is 80.6 Å². The predicted molar refractivity (Wildman–Crippen MR) is 98.3 cm³/mol. The van der Waals surface area contributed by atoms with Gasteiger partial charge in [0.05, 0.1) is 11.1 Å². The largest absolute Gasteiger partial charge is 0.288 e. The Balaban J connectivity index is 2.19. The minimum atomic E-state index is -0.338. The molecule has 0 saturated carbocycles. The molecule has 0 radical (unpaired) electrons. The van der Waals surface area contributed by atoms with Gasteiger partial charge in [0.15, 0.2) is 0 Å². The number of halogens is 2. The van der Waals surface area contributed by atoms with E-state index in [2.05, 4.69) is 50.5 Å². The molecule has 5 heteroatoms. The molecule has 1 N–H and O–H groups in total. The lowest BCUT2D eigenvalue weighted by molar-refractivity contribution is -0.122. The molecule has 21 heavy (non-hydrogen) atoms. The molecule has 0 bridgehead atoms. The van der Waals surface area contributed by atoms with Crippen LogP contribution in [0, 0.1) is 7.14 Å². The van der Waals surface area contributed by atoms with Crippen LogP contribution in [0.25, 0.3) is 11.1 Å². The van der Waals surface area contributed by atoms with Gasteiger partial charge in [-0.25, -0.2) is 0 Å². The molecule has 0 spiro atoms. The molecule has 1 aliphatic rings. The van der Waals surface area contributed by atoms with Crippen LogP contribution in [0.1, 0.15) is 11.1 Å². The van der Waals surface area contributed by atoms with Gasteiger partial charge < -0.3 is 0 Å². The van der Waals surface area contributed by atoms with Gasteiger partial charge in [0.1, 0.15) is 0 Å². The fourth-order valence-electron chi connectivity index (χ4n) is 2.24. The number of hydrogen-bond acceptors (Lipinski definition) is 2. The van der Waals surface area contributed by atoms with E-state index in [0.29, 0.717) is 11.1 Å². The highest BCUT2D eigenvalue weighted by Crippen LogP contribution is 2.31. The molecule has 1 aliphatic heterocycles. The van der Waals surface area contributed by atoms with Crippen molar-refractivity contribution in [3.63, 3.8) is 0 Å². The number of nitrogens with one attached hydrogen (secondary N) is 1. The summed E-state index contributed by atoms with van der Waals surface area (Å²) in [6, 6.07) is 15.1. The van der Waals surface area contributed by atoms with Crippen LogP contribution in [0.15, 0.2) is 48.5 Å². The topological polar surface area (TPSA) is 46.2 Å². The Kier molecular flexibility index (Phi) is 4.12. The van der Waals surface area contributed by atoms with Crippen molar-refractivity contribution < 1.29 is 9.59 Å². The molecule has 104 valence electrons. The average molecular weight is 501 g/mol. The molecule has 3 rings (SSSR count). The normalized spacial score (nSPS) is 14.6. The maximum absolute atomic E-state index is 12.1. The lowest BCUT2D eigenvalue weighted by atomic mass is 9.96. The van der Waals surface area contributed by atoms with Gasteiger partial charge >= 0.3 is 0 Å². The average Bonchev–Trinajstić information content (AvgIpc) is 2.75. The zero-order valence-electron chi connectivity index (χ0n) is 10.7. The van der Waals surface area contributed by atoms with Gasteiger partial charge in [0.2, 0.25) is 0 Å². The first kappa shape index (κ1) is 14.7. The van der Waals surface area contributed by atoms with E-state index in [4.69, 9.17) is 0 Å². The fraction of sp³-hybridized carbons (Fsp3) is 0. The summed E-state index contributed by atoms with van der Waals surface area (Å²) in [6.07, 6.45) is 0. The van der Waals surface area contributed by atoms with Gasteiger partial charge in [-0.1, -0.05) is 24.3 Å². The SMILES string of the molecule is O=C1NC(=O)C(c2ccc(I)cc2)=C1c1ccc(I)cc1. The highest BCUT2D eigenvalue weighted by molar-refractivity contribution is 14.1. The maximum atomic E-state index is 12.1. The third kappa shape index (κ3) is 2.89. The van der Waals surface area contributed by atoms with E-state index >= 15 is 0 Å². The first-order valence-corrected chi connectivity index (χ1v) is 8.34. The fourth-order valence-corrected chi connectivity index (χ4v) is 2.96. The van der Waals surface area contributed by atoms with E-state index in [1.807, 2.05) is 48.5 Å². The van der Waals surface area contributed by atoms with Crippen LogP contribution in [0.4, 0.5) is 0 Å². The number of hydrogen-bond donors (Lipinski definition) is 1. The Morgan fingerprint density at radius 2 is 0.952 bits per heavy atom.